The van der Waals surface area contributed by atoms with Gasteiger partial charge in [0.2, 0.25) is 0 Å². The fourth-order valence-electron chi connectivity index (χ4n) is 2.64. The molecule has 1 aromatic heterocycles. The number of amides is 2. The SMILES string of the molecule is CNC(=O)c1ccc(NC(=O)c2cc3c(s2)CCCC3)cc1. The van der Waals surface area contributed by atoms with Gasteiger partial charge in [0.25, 0.3) is 11.8 Å². The maximum Gasteiger partial charge on any atom is 0.265 e. The van der Waals surface area contributed by atoms with E-state index in [9.17, 15) is 9.59 Å². The number of nitrogens with one attached hydrogen (secondary N) is 2. The number of aryl methyl sites for hydroxylation is 2. The average Bonchev–Trinajstić information content (AvgIpc) is 2.99. The van der Waals surface area contributed by atoms with Crippen LogP contribution in [0.2, 0.25) is 0 Å². The quantitative estimate of drug-likeness (QED) is 0.914. The van der Waals surface area contributed by atoms with Crippen LogP contribution in [0.15, 0.2) is 30.3 Å². The third-order valence-corrected chi connectivity index (χ3v) is 5.09. The number of rotatable bonds is 3. The highest BCUT2D eigenvalue weighted by Crippen LogP contribution is 2.30. The zero-order valence-electron chi connectivity index (χ0n) is 12.4. The number of carbonyl (C=O) groups excluding carboxylic acids is 2. The van der Waals surface area contributed by atoms with Gasteiger partial charge in [0.15, 0.2) is 0 Å². The summed E-state index contributed by atoms with van der Waals surface area (Å²) in [6.07, 6.45) is 4.61. The van der Waals surface area contributed by atoms with Crippen molar-refractivity contribution in [2.75, 3.05) is 12.4 Å². The fourth-order valence-corrected chi connectivity index (χ4v) is 3.79. The van der Waals surface area contributed by atoms with Crippen LogP contribution >= 0.6 is 11.3 Å². The lowest BCUT2D eigenvalue weighted by Gasteiger charge is -2.08. The highest BCUT2D eigenvalue weighted by Gasteiger charge is 2.17. The van der Waals surface area contributed by atoms with Crippen molar-refractivity contribution in [3.63, 3.8) is 0 Å². The number of anilines is 1. The van der Waals surface area contributed by atoms with Crippen molar-refractivity contribution in [1.82, 2.24) is 5.32 Å². The molecule has 0 atom stereocenters. The Kier molecular flexibility index (Phi) is 4.24. The minimum absolute atomic E-state index is 0.0768. The second kappa shape index (κ2) is 6.32. The zero-order chi connectivity index (χ0) is 15.5. The first-order valence-electron chi connectivity index (χ1n) is 7.42. The summed E-state index contributed by atoms with van der Waals surface area (Å²) in [6, 6.07) is 8.92. The Morgan fingerprint density at radius 3 is 2.45 bits per heavy atom. The molecular weight excluding hydrogens is 296 g/mol. The van der Waals surface area contributed by atoms with Crippen molar-refractivity contribution in [2.45, 2.75) is 25.7 Å². The third kappa shape index (κ3) is 3.04. The fraction of sp³-hybridized carbons (Fsp3) is 0.294. The average molecular weight is 314 g/mol. The summed E-state index contributed by atoms with van der Waals surface area (Å²) in [5, 5.41) is 5.46. The largest absolute Gasteiger partial charge is 0.355 e. The highest BCUT2D eigenvalue weighted by atomic mass is 32.1. The summed E-state index contributed by atoms with van der Waals surface area (Å²) in [6.45, 7) is 0. The van der Waals surface area contributed by atoms with Gasteiger partial charge >= 0.3 is 0 Å². The van der Waals surface area contributed by atoms with Gasteiger partial charge in [-0.1, -0.05) is 0 Å². The summed E-state index contributed by atoms with van der Waals surface area (Å²) < 4.78 is 0. The van der Waals surface area contributed by atoms with E-state index >= 15 is 0 Å². The Hall–Kier alpha value is -2.14. The first kappa shape index (κ1) is 14.8. The van der Waals surface area contributed by atoms with Gasteiger partial charge in [-0.05, 0) is 61.6 Å². The van der Waals surface area contributed by atoms with Gasteiger partial charge in [-0.15, -0.1) is 11.3 Å². The highest BCUT2D eigenvalue weighted by molar-refractivity contribution is 7.14. The Bertz CT molecular complexity index is 680. The van der Waals surface area contributed by atoms with E-state index in [4.69, 9.17) is 0 Å². The molecule has 0 spiro atoms. The van der Waals surface area contributed by atoms with Gasteiger partial charge in [-0.2, -0.15) is 0 Å². The van der Waals surface area contributed by atoms with Crippen molar-refractivity contribution in [3.8, 4) is 0 Å². The summed E-state index contributed by atoms with van der Waals surface area (Å²) in [5.41, 5.74) is 2.60. The summed E-state index contributed by atoms with van der Waals surface area (Å²) in [7, 11) is 1.59. The van der Waals surface area contributed by atoms with Crippen LogP contribution in [0.1, 0.15) is 43.3 Å². The Balaban J connectivity index is 1.71. The Morgan fingerprint density at radius 1 is 1.05 bits per heavy atom. The third-order valence-electron chi connectivity index (χ3n) is 3.85. The van der Waals surface area contributed by atoms with Crippen molar-refractivity contribution >= 4 is 28.8 Å². The summed E-state index contributed by atoms with van der Waals surface area (Å²) >= 11 is 1.60. The maximum absolute atomic E-state index is 12.3. The molecule has 1 aliphatic rings. The van der Waals surface area contributed by atoms with Crippen LogP contribution in [0.4, 0.5) is 5.69 Å². The van der Waals surface area contributed by atoms with E-state index in [2.05, 4.69) is 10.6 Å². The van der Waals surface area contributed by atoms with Crippen molar-refractivity contribution < 1.29 is 9.59 Å². The monoisotopic (exact) mass is 314 g/mol. The molecule has 0 saturated heterocycles. The van der Waals surface area contributed by atoms with Gasteiger partial charge in [0.05, 0.1) is 4.88 Å². The maximum atomic E-state index is 12.3. The molecule has 1 aromatic carbocycles. The first-order valence-corrected chi connectivity index (χ1v) is 8.24. The van der Waals surface area contributed by atoms with Gasteiger partial charge in [0, 0.05) is 23.2 Å². The second-order valence-corrected chi connectivity index (χ2v) is 6.51. The lowest BCUT2D eigenvalue weighted by molar-refractivity contribution is 0.0962. The van der Waals surface area contributed by atoms with Crippen LogP contribution in [-0.2, 0) is 12.8 Å². The molecule has 0 bridgehead atoms. The first-order chi connectivity index (χ1) is 10.7. The van der Waals surface area contributed by atoms with Gasteiger partial charge in [-0.3, -0.25) is 9.59 Å². The van der Waals surface area contributed by atoms with Crippen LogP contribution in [0.3, 0.4) is 0 Å². The number of benzene rings is 1. The van der Waals surface area contributed by atoms with E-state index in [0.29, 0.717) is 11.3 Å². The van der Waals surface area contributed by atoms with Crippen LogP contribution in [0.25, 0.3) is 0 Å². The van der Waals surface area contributed by atoms with Crippen LogP contribution < -0.4 is 10.6 Å². The molecule has 2 amide bonds. The molecule has 2 N–H and O–H groups in total. The van der Waals surface area contributed by atoms with Crippen LogP contribution in [0.5, 0.6) is 0 Å². The molecule has 0 fully saturated rings. The van der Waals surface area contributed by atoms with Gasteiger partial charge < -0.3 is 10.6 Å². The lowest BCUT2D eigenvalue weighted by Crippen LogP contribution is -2.17. The van der Waals surface area contributed by atoms with Gasteiger partial charge in [-0.25, -0.2) is 0 Å². The molecular formula is C17H18N2O2S. The molecule has 0 unspecified atom stereocenters. The Labute approximate surface area is 133 Å². The molecule has 4 nitrogen and oxygen atoms in total. The zero-order valence-corrected chi connectivity index (χ0v) is 13.3. The number of hydrogen-bond acceptors (Lipinski definition) is 3. The predicted molar refractivity (Wildman–Crippen MR) is 88.7 cm³/mol. The van der Waals surface area contributed by atoms with Crippen LogP contribution in [-0.4, -0.2) is 18.9 Å². The predicted octanol–water partition coefficient (Wildman–Crippen LogP) is 3.24. The molecule has 0 aliphatic heterocycles. The topological polar surface area (TPSA) is 58.2 Å². The van der Waals surface area contributed by atoms with E-state index in [0.717, 1.165) is 17.7 Å². The second-order valence-electron chi connectivity index (χ2n) is 5.38. The molecule has 22 heavy (non-hydrogen) atoms. The molecule has 3 rings (SSSR count). The van der Waals surface area contributed by atoms with Crippen molar-refractivity contribution in [2.24, 2.45) is 0 Å². The molecule has 0 saturated carbocycles. The molecule has 1 heterocycles. The smallest absolute Gasteiger partial charge is 0.265 e. The molecule has 5 heteroatoms. The number of fused-ring (bicyclic) bond motifs is 1. The normalized spacial score (nSPS) is 13.3. The molecule has 2 aromatic rings. The Morgan fingerprint density at radius 2 is 1.77 bits per heavy atom. The number of thiophene rings is 1. The summed E-state index contributed by atoms with van der Waals surface area (Å²) in [5.74, 6) is -0.212. The van der Waals surface area contributed by atoms with Crippen molar-refractivity contribution in [3.05, 3.63) is 51.2 Å². The standard InChI is InChI=1S/C17H18N2O2S/c1-18-16(20)11-6-8-13(9-7-11)19-17(21)15-10-12-4-2-3-5-14(12)22-15/h6-10H,2-5H2,1H3,(H,18,20)(H,19,21). The number of carbonyl (C=O) groups is 2. The number of hydrogen-bond donors (Lipinski definition) is 2. The molecule has 1 aliphatic carbocycles. The molecule has 114 valence electrons. The molecule has 0 radical (unpaired) electrons. The minimum Gasteiger partial charge on any atom is -0.355 e. The lowest BCUT2D eigenvalue weighted by atomic mass is 9.99. The van der Waals surface area contributed by atoms with Crippen molar-refractivity contribution in [1.29, 1.82) is 0 Å². The van der Waals surface area contributed by atoms with Gasteiger partial charge in [0.1, 0.15) is 0 Å². The van der Waals surface area contributed by atoms with E-state index in [1.54, 1.807) is 42.6 Å². The van der Waals surface area contributed by atoms with E-state index in [1.165, 1.54) is 23.3 Å². The summed E-state index contributed by atoms with van der Waals surface area (Å²) in [4.78, 5) is 25.9. The van der Waals surface area contributed by atoms with Crippen LogP contribution in [0, 0.1) is 0 Å². The minimum atomic E-state index is -0.135. The van der Waals surface area contributed by atoms with E-state index in [-0.39, 0.29) is 11.8 Å². The van der Waals surface area contributed by atoms with E-state index < -0.39 is 0 Å². The van der Waals surface area contributed by atoms with E-state index in [1.807, 2.05) is 6.07 Å².